The molecular formula is C22H28N2S. The van der Waals surface area contributed by atoms with Crippen molar-refractivity contribution in [2.24, 2.45) is 0 Å². The van der Waals surface area contributed by atoms with Gasteiger partial charge in [0, 0.05) is 29.6 Å². The molecule has 25 heavy (non-hydrogen) atoms. The Morgan fingerprint density at radius 1 is 0.920 bits per heavy atom. The first-order chi connectivity index (χ1) is 12.4. The first-order valence-electron chi connectivity index (χ1n) is 9.80. The Balaban J connectivity index is 1.51. The average molecular weight is 353 g/mol. The van der Waals surface area contributed by atoms with Crippen molar-refractivity contribution < 1.29 is 0 Å². The topological polar surface area (TPSA) is 16.1 Å². The molecule has 1 atom stereocenters. The standard InChI is InChI=1S/C22H28N2S/c1-3-9-18(10-4-1)17-24-16-8-14-21(24)20-13-7-15-23-22(20)25-19-11-5-2-6-12-19/h1,3-4,7,9-10,13,15,19,21H,2,5-6,8,11-12,14,16-17H2/t21-/m0/s1. The molecule has 0 N–H and O–H groups in total. The molecule has 1 saturated carbocycles. The first-order valence-corrected chi connectivity index (χ1v) is 10.7. The zero-order chi connectivity index (χ0) is 16.9. The average Bonchev–Trinajstić information content (AvgIpc) is 3.12. The molecule has 4 rings (SSSR count). The van der Waals surface area contributed by atoms with Crippen molar-refractivity contribution in [1.29, 1.82) is 0 Å². The molecule has 2 nitrogen and oxygen atoms in total. The van der Waals surface area contributed by atoms with E-state index < -0.39 is 0 Å². The molecule has 0 radical (unpaired) electrons. The van der Waals surface area contributed by atoms with Crippen LogP contribution in [-0.4, -0.2) is 21.7 Å². The summed E-state index contributed by atoms with van der Waals surface area (Å²) in [4.78, 5) is 7.45. The number of pyridine rings is 1. The SMILES string of the molecule is c1ccc(CN2CCC[C@H]2c2cccnc2SC2CCCCC2)cc1. The van der Waals surface area contributed by atoms with E-state index in [9.17, 15) is 0 Å². The zero-order valence-electron chi connectivity index (χ0n) is 14.9. The van der Waals surface area contributed by atoms with Crippen molar-refractivity contribution in [2.45, 2.75) is 67.8 Å². The summed E-state index contributed by atoms with van der Waals surface area (Å²) >= 11 is 2.05. The zero-order valence-corrected chi connectivity index (χ0v) is 15.8. The molecule has 1 aliphatic heterocycles. The van der Waals surface area contributed by atoms with Gasteiger partial charge >= 0.3 is 0 Å². The third-order valence-electron chi connectivity index (χ3n) is 5.58. The second kappa shape index (κ2) is 8.37. The molecule has 1 aromatic heterocycles. The van der Waals surface area contributed by atoms with Crippen LogP contribution >= 0.6 is 11.8 Å². The van der Waals surface area contributed by atoms with Gasteiger partial charge in [-0.2, -0.15) is 0 Å². The van der Waals surface area contributed by atoms with E-state index in [0.717, 1.165) is 11.8 Å². The highest BCUT2D eigenvalue weighted by atomic mass is 32.2. The monoisotopic (exact) mass is 352 g/mol. The number of thioether (sulfide) groups is 1. The summed E-state index contributed by atoms with van der Waals surface area (Å²) in [5.74, 6) is 0. The third-order valence-corrected chi connectivity index (χ3v) is 6.95. The molecule has 2 aliphatic rings. The Bertz CT molecular complexity index is 667. The van der Waals surface area contributed by atoms with Gasteiger partial charge in [-0.3, -0.25) is 4.90 Å². The highest BCUT2D eigenvalue weighted by Gasteiger charge is 2.29. The quantitative estimate of drug-likeness (QED) is 0.672. The molecule has 2 heterocycles. The number of benzene rings is 1. The van der Waals surface area contributed by atoms with Crippen LogP contribution in [0.1, 0.15) is 62.1 Å². The Morgan fingerprint density at radius 3 is 2.60 bits per heavy atom. The van der Waals surface area contributed by atoms with Gasteiger partial charge in [-0.1, -0.05) is 55.7 Å². The fraction of sp³-hybridized carbons (Fsp3) is 0.500. The van der Waals surface area contributed by atoms with Gasteiger partial charge in [0.2, 0.25) is 0 Å². The second-order valence-corrected chi connectivity index (χ2v) is 8.68. The molecule has 1 aromatic carbocycles. The largest absolute Gasteiger partial charge is 0.292 e. The molecule has 1 saturated heterocycles. The molecule has 1 aliphatic carbocycles. The van der Waals surface area contributed by atoms with Crippen molar-refractivity contribution in [3.05, 3.63) is 59.8 Å². The van der Waals surface area contributed by atoms with Crippen molar-refractivity contribution >= 4 is 11.8 Å². The lowest BCUT2D eigenvalue weighted by molar-refractivity contribution is 0.245. The minimum atomic E-state index is 0.528. The van der Waals surface area contributed by atoms with Crippen LogP contribution in [0, 0.1) is 0 Å². The van der Waals surface area contributed by atoms with E-state index in [4.69, 9.17) is 4.98 Å². The Hall–Kier alpha value is -1.32. The van der Waals surface area contributed by atoms with Gasteiger partial charge in [-0.15, -0.1) is 11.8 Å². The van der Waals surface area contributed by atoms with E-state index in [1.54, 1.807) is 0 Å². The minimum Gasteiger partial charge on any atom is -0.292 e. The van der Waals surface area contributed by atoms with E-state index in [1.165, 1.54) is 67.6 Å². The van der Waals surface area contributed by atoms with Crippen molar-refractivity contribution in [3.63, 3.8) is 0 Å². The molecular weight excluding hydrogens is 324 g/mol. The number of nitrogens with zero attached hydrogens (tertiary/aromatic N) is 2. The predicted molar refractivity (Wildman–Crippen MR) is 106 cm³/mol. The van der Waals surface area contributed by atoms with Gasteiger partial charge in [0.05, 0.1) is 0 Å². The lowest BCUT2D eigenvalue weighted by Gasteiger charge is -2.27. The Kier molecular flexibility index (Phi) is 5.73. The van der Waals surface area contributed by atoms with Gasteiger partial charge in [-0.05, 0) is 43.9 Å². The maximum Gasteiger partial charge on any atom is 0.101 e. The molecule has 0 spiro atoms. The van der Waals surface area contributed by atoms with Crippen molar-refractivity contribution in [2.75, 3.05) is 6.54 Å². The second-order valence-electron chi connectivity index (χ2n) is 7.39. The lowest BCUT2D eigenvalue weighted by atomic mass is 10.0. The van der Waals surface area contributed by atoms with Crippen LogP contribution in [0.15, 0.2) is 53.7 Å². The highest BCUT2D eigenvalue weighted by molar-refractivity contribution is 7.99. The van der Waals surface area contributed by atoms with Crippen LogP contribution in [-0.2, 0) is 6.54 Å². The van der Waals surface area contributed by atoms with Crippen LogP contribution in [0.3, 0.4) is 0 Å². The summed E-state index contributed by atoms with van der Waals surface area (Å²) in [7, 11) is 0. The molecule has 0 amide bonds. The Labute approximate surface area is 156 Å². The van der Waals surface area contributed by atoms with Gasteiger partial charge in [0.25, 0.3) is 0 Å². The molecule has 0 bridgehead atoms. The van der Waals surface area contributed by atoms with E-state index in [1.807, 2.05) is 18.0 Å². The van der Waals surface area contributed by atoms with E-state index in [2.05, 4.69) is 47.4 Å². The number of hydrogen-bond donors (Lipinski definition) is 0. The van der Waals surface area contributed by atoms with Crippen LogP contribution in [0.25, 0.3) is 0 Å². The summed E-state index contributed by atoms with van der Waals surface area (Å²) < 4.78 is 0. The summed E-state index contributed by atoms with van der Waals surface area (Å²) in [5, 5.41) is 2.06. The molecule has 0 unspecified atom stereocenters. The van der Waals surface area contributed by atoms with Gasteiger partial charge in [0.1, 0.15) is 5.03 Å². The summed E-state index contributed by atoms with van der Waals surface area (Å²) in [6.07, 6.45) is 11.5. The van der Waals surface area contributed by atoms with Crippen molar-refractivity contribution in [3.8, 4) is 0 Å². The summed E-state index contributed by atoms with van der Waals surface area (Å²) in [6.45, 7) is 2.25. The number of likely N-dealkylation sites (tertiary alicyclic amines) is 1. The highest BCUT2D eigenvalue weighted by Crippen LogP contribution is 2.40. The van der Waals surface area contributed by atoms with Crippen molar-refractivity contribution in [1.82, 2.24) is 9.88 Å². The van der Waals surface area contributed by atoms with Crippen LogP contribution < -0.4 is 0 Å². The van der Waals surface area contributed by atoms with Crippen LogP contribution in [0.4, 0.5) is 0 Å². The number of hydrogen-bond acceptors (Lipinski definition) is 3. The number of rotatable bonds is 5. The molecule has 132 valence electrons. The number of aromatic nitrogens is 1. The fourth-order valence-electron chi connectivity index (χ4n) is 4.28. The van der Waals surface area contributed by atoms with Gasteiger partial charge in [0.15, 0.2) is 0 Å². The lowest BCUT2D eigenvalue weighted by Crippen LogP contribution is -2.23. The Morgan fingerprint density at radius 2 is 1.76 bits per heavy atom. The maximum atomic E-state index is 4.80. The van der Waals surface area contributed by atoms with Crippen LogP contribution in [0.2, 0.25) is 0 Å². The van der Waals surface area contributed by atoms with E-state index >= 15 is 0 Å². The molecule has 3 heteroatoms. The molecule has 2 fully saturated rings. The summed E-state index contributed by atoms with van der Waals surface area (Å²) in [5.41, 5.74) is 2.88. The fourth-order valence-corrected chi connectivity index (χ4v) is 5.63. The summed E-state index contributed by atoms with van der Waals surface area (Å²) in [6, 6.07) is 15.9. The van der Waals surface area contributed by atoms with Crippen LogP contribution in [0.5, 0.6) is 0 Å². The van der Waals surface area contributed by atoms with Gasteiger partial charge < -0.3 is 0 Å². The van der Waals surface area contributed by atoms with E-state index in [-0.39, 0.29) is 0 Å². The third kappa shape index (κ3) is 4.27. The smallest absolute Gasteiger partial charge is 0.101 e. The molecule has 2 aromatic rings. The van der Waals surface area contributed by atoms with E-state index in [0.29, 0.717) is 6.04 Å². The minimum absolute atomic E-state index is 0.528. The predicted octanol–water partition coefficient (Wildman–Crippen LogP) is 5.84. The van der Waals surface area contributed by atoms with Gasteiger partial charge in [-0.25, -0.2) is 4.98 Å². The maximum absolute atomic E-state index is 4.80. The first kappa shape index (κ1) is 17.1. The normalized spacial score (nSPS) is 22.3.